The van der Waals surface area contributed by atoms with Crippen molar-refractivity contribution in [1.82, 2.24) is 0 Å². The van der Waals surface area contributed by atoms with Gasteiger partial charge in [0.15, 0.2) is 0 Å². The number of benzene rings is 4. The molecule has 0 saturated carbocycles. The fraction of sp³-hybridized carbons (Fsp3) is 0. The fourth-order valence-corrected chi connectivity index (χ4v) is 10.0. The summed E-state index contributed by atoms with van der Waals surface area (Å²) in [6.45, 7) is 0. The van der Waals surface area contributed by atoms with Gasteiger partial charge in [-0.3, -0.25) is 9.13 Å². The van der Waals surface area contributed by atoms with Gasteiger partial charge in [-0.25, -0.2) is 57.5 Å². The van der Waals surface area contributed by atoms with Crippen molar-refractivity contribution in [2.75, 3.05) is 0 Å². The zero-order chi connectivity index (χ0) is 50.8. The normalized spacial score (nSPS) is 10.9. The monoisotopic (exact) mass is 964 g/mol. The molecule has 0 saturated heterocycles. The van der Waals surface area contributed by atoms with Crippen LogP contribution in [0.4, 0.5) is 0 Å². The highest BCUT2D eigenvalue weighted by Crippen LogP contribution is 2.45. The number of carboxylic acid groups (broad SMARTS) is 12. The van der Waals surface area contributed by atoms with E-state index in [0.29, 0.717) is 24.3 Å². The molecular weight excluding hydrogens is 942 g/mol. The van der Waals surface area contributed by atoms with Crippen LogP contribution < -0.4 is 21.2 Å². The number of rotatable bonds is 16. The second kappa shape index (κ2) is 18.7. The van der Waals surface area contributed by atoms with Crippen molar-refractivity contribution in [2.24, 2.45) is 0 Å². The van der Waals surface area contributed by atoms with Crippen molar-refractivity contribution < 1.29 is 138 Å². The molecule has 0 aliphatic heterocycles. The van der Waals surface area contributed by atoms with Gasteiger partial charge in [0.2, 0.25) is 0 Å². The molecule has 0 bridgehead atoms. The first-order valence-corrected chi connectivity index (χ1v) is 19.7. The molecule has 28 nitrogen and oxygen atoms in total. The summed E-state index contributed by atoms with van der Waals surface area (Å²) in [5.41, 5.74) is -14.6. The molecule has 0 aliphatic rings. The van der Waals surface area contributed by atoms with Crippen LogP contribution in [0.15, 0.2) is 48.5 Å². The summed E-state index contributed by atoms with van der Waals surface area (Å²) in [6, 6.07) is 2.95. The van der Waals surface area contributed by atoms with Gasteiger partial charge < -0.3 is 71.1 Å². The van der Waals surface area contributed by atoms with Crippen LogP contribution in [0.5, 0.6) is 0 Å². The third-order valence-corrected chi connectivity index (χ3v) is 12.8. The minimum atomic E-state index is -5.95. The molecule has 0 amide bonds. The van der Waals surface area contributed by atoms with Crippen molar-refractivity contribution in [3.05, 3.63) is 115 Å². The Bertz CT molecular complexity index is 2850. The molecule has 66 heavy (non-hydrogen) atoms. The first kappa shape index (κ1) is 51.3. The van der Waals surface area contributed by atoms with E-state index >= 15 is 0 Å². The Morgan fingerprint density at radius 2 is 0.485 bits per heavy atom. The van der Waals surface area contributed by atoms with Crippen LogP contribution in [0, 0.1) is 0 Å². The highest BCUT2D eigenvalue weighted by molar-refractivity contribution is 7.74. The summed E-state index contributed by atoms with van der Waals surface area (Å²) < 4.78 is 26.9. The first-order valence-electron chi connectivity index (χ1n) is 16.4. The number of hydrogen-bond acceptors (Lipinski definition) is 14. The summed E-state index contributed by atoms with van der Waals surface area (Å²) in [5.74, 6) is -24.1. The lowest BCUT2D eigenvalue weighted by atomic mass is 10.0. The topological polar surface area (TPSA) is 522 Å². The second-order valence-electron chi connectivity index (χ2n) is 12.4. The molecule has 0 aliphatic carbocycles. The SMILES string of the molecule is O=C(O)c1cc(C(=O)O)c(P(=O)(O)c2cc(C(=O)O)c(C(=O)O)cc2C(=O)O)cc1C(=O)O.O=C(O)c1ccc(C(=O)O)c(P(=O)(O)c2c(C(=O)O)ccc(C(=O)O)c2C(=O)O)c1C(=O)O. The average Bonchev–Trinajstić information content (AvgIpc) is 3.20. The lowest BCUT2D eigenvalue weighted by Crippen LogP contribution is -2.35. The van der Waals surface area contributed by atoms with Gasteiger partial charge in [0.1, 0.15) is 0 Å². The molecule has 0 heterocycles. The lowest BCUT2D eigenvalue weighted by molar-refractivity contribution is 0.0649. The van der Waals surface area contributed by atoms with Crippen LogP contribution in [0.25, 0.3) is 0 Å². The van der Waals surface area contributed by atoms with Crippen LogP contribution >= 0.6 is 14.7 Å². The molecule has 4 rings (SSSR count). The summed E-state index contributed by atoms with van der Waals surface area (Å²) in [4.78, 5) is 160. The smallest absolute Gasteiger partial charge is 0.337 e. The number of carbonyl (C=O) groups is 12. The summed E-state index contributed by atoms with van der Waals surface area (Å²) in [5, 5.41) is 106. The molecular formula is C36H22O28P2. The summed E-state index contributed by atoms with van der Waals surface area (Å²) in [7, 11) is -11.4. The van der Waals surface area contributed by atoms with E-state index in [2.05, 4.69) is 0 Å². The van der Waals surface area contributed by atoms with E-state index in [1.54, 1.807) is 0 Å². The minimum absolute atomic E-state index is 0.243. The van der Waals surface area contributed by atoms with Gasteiger partial charge >= 0.3 is 71.6 Å². The van der Waals surface area contributed by atoms with E-state index in [0.717, 1.165) is 0 Å². The van der Waals surface area contributed by atoms with E-state index < -0.39 is 174 Å². The third kappa shape index (κ3) is 9.60. The Kier molecular flexibility index (Phi) is 14.5. The fourth-order valence-electron chi connectivity index (χ4n) is 5.92. The summed E-state index contributed by atoms with van der Waals surface area (Å²) in [6.07, 6.45) is 0. The Morgan fingerprint density at radius 1 is 0.273 bits per heavy atom. The zero-order valence-corrected chi connectivity index (χ0v) is 33.3. The van der Waals surface area contributed by atoms with Crippen LogP contribution in [-0.2, 0) is 9.13 Å². The molecule has 0 fully saturated rings. The van der Waals surface area contributed by atoms with Crippen LogP contribution in [0.3, 0.4) is 0 Å². The number of aromatic carboxylic acids is 12. The Hall–Kier alpha value is -9.10. The van der Waals surface area contributed by atoms with Crippen molar-refractivity contribution in [2.45, 2.75) is 0 Å². The molecule has 4 aromatic rings. The number of carboxylic acids is 12. The molecule has 344 valence electrons. The highest BCUT2D eigenvalue weighted by Gasteiger charge is 2.44. The molecule has 0 radical (unpaired) electrons. The molecule has 0 atom stereocenters. The second-order valence-corrected chi connectivity index (χ2v) is 16.6. The Morgan fingerprint density at radius 3 is 0.697 bits per heavy atom. The lowest BCUT2D eigenvalue weighted by Gasteiger charge is -2.22. The highest BCUT2D eigenvalue weighted by atomic mass is 31.2. The van der Waals surface area contributed by atoms with Gasteiger partial charge in [0.05, 0.1) is 88.0 Å². The first-order chi connectivity index (χ1) is 30.2. The summed E-state index contributed by atoms with van der Waals surface area (Å²) >= 11 is 0. The van der Waals surface area contributed by atoms with Crippen LogP contribution in [0.1, 0.15) is 124 Å². The van der Waals surface area contributed by atoms with Gasteiger partial charge in [-0.1, -0.05) is 0 Å². The van der Waals surface area contributed by atoms with Crippen molar-refractivity contribution in [3.63, 3.8) is 0 Å². The van der Waals surface area contributed by atoms with E-state index in [9.17, 15) is 128 Å². The van der Waals surface area contributed by atoms with E-state index in [1.165, 1.54) is 0 Å². The van der Waals surface area contributed by atoms with Gasteiger partial charge in [0, 0.05) is 0 Å². The minimum Gasteiger partial charge on any atom is -0.478 e. The zero-order valence-electron chi connectivity index (χ0n) is 31.5. The number of hydrogen-bond donors (Lipinski definition) is 14. The van der Waals surface area contributed by atoms with E-state index in [4.69, 9.17) is 10.2 Å². The van der Waals surface area contributed by atoms with Crippen LogP contribution in [-0.4, -0.2) is 143 Å². The Balaban J connectivity index is 0.000000350. The maximum Gasteiger partial charge on any atom is 0.337 e. The van der Waals surface area contributed by atoms with Crippen LogP contribution in [0.2, 0.25) is 0 Å². The molecule has 4 aromatic carbocycles. The average molecular weight is 964 g/mol. The maximum absolute atomic E-state index is 13.6. The third-order valence-electron chi connectivity index (χ3n) is 8.62. The van der Waals surface area contributed by atoms with Gasteiger partial charge in [-0.15, -0.1) is 0 Å². The van der Waals surface area contributed by atoms with Gasteiger partial charge in [-0.2, -0.15) is 0 Å². The van der Waals surface area contributed by atoms with Crippen molar-refractivity contribution in [1.29, 1.82) is 0 Å². The molecule has 0 unspecified atom stereocenters. The maximum atomic E-state index is 13.6. The quantitative estimate of drug-likeness (QED) is 0.0667. The predicted molar refractivity (Wildman–Crippen MR) is 207 cm³/mol. The Labute approximate surface area is 360 Å². The van der Waals surface area contributed by atoms with Gasteiger partial charge in [0.25, 0.3) is 14.7 Å². The molecule has 0 spiro atoms. The molecule has 14 N–H and O–H groups in total. The van der Waals surface area contributed by atoms with E-state index in [1.807, 2.05) is 0 Å². The van der Waals surface area contributed by atoms with Crippen molar-refractivity contribution in [3.8, 4) is 0 Å². The molecule has 0 aromatic heterocycles. The van der Waals surface area contributed by atoms with Gasteiger partial charge in [-0.05, 0) is 48.5 Å². The van der Waals surface area contributed by atoms with Crippen molar-refractivity contribution >= 4 is 108 Å². The van der Waals surface area contributed by atoms with E-state index in [-0.39, 0.29) is 24.3 Å². The predicted octanol–water partition coefficient (Wildman–Crippen LogP) is 0.194. The molecule has 30 heteroatoms. The largest absolute Gasteiger partial charge is 0.478 e. The standard InChI is InChI=1S/2C18H11O14P/c19-13(20)5-1-9(17(27)28)11(3-7(5)15(23)24)33(31,32)12-4-8(16(25)26)6(14(21)22)2-10(12)18(29)30;19-13(20)5-1-3-7(15(23)24)11(9(5)17(27)28)33(31,32)12-8(16(25)26)4-2-6(14(21)22)10(12)18(29)30/h2*1-4H,(H,19,20)(H,21,22)(H,23,24)(H,25,26)(H,27,28)(H,29,30)(H,31,32).